The fraction of sp³-hybridized carbons (Fsp3) is 0.353. The minimum atomic E-state index is -0.619. The Labute approximate surface area is 140 Å². The van der Waals surface area contributed by atoms with Crippen LogP contribution in [0.25, 0.3) is 0 Å². The van der Waals surface area contributed by atoms with Gasteiger partial charge in [0.05, 0.1) is 17.3 Å². The summed E-state index contributed by atoms with van der Waals surface area (Å²) < 4.78 is 1.60. The fourth-order valence-corrected chi connectivity index (χ4v) is 2.68. The van der Waals surface area contributed by atoms with Crippen molar-refractivity contribution in [2.45, 2.75) is 33.2 Å². The van der Waals surface area contributed by atoms with Gasteiger partial charge in [-0.25, -0.2) is 0 Å². The molecule has 0 saturated heterocycles. The summed E-state index contributed by atoms with van der Waals surface area (Å²) in [5, 5.41) is 7.61. The highest BCUT2D eigenvalue weighted by Gasteiger charge is 2.25. The first-order valence-electron chi connectivity index (χ1n) is 7.46. The molecule has 1 atom stereocenters. The van der Waals surface area contributed by atoms with Crippen molar-refractivity contribution in [2.24, 2.45) is 7.05 Å². The Balaban J connectivity index is 2.19. The molecule has 0 fully saturated rings. The minimum Gasteiger partial charge on any atom is -0.342 e. The maximum Gasteiger partial charge on any atom is 0.293 e. The molecule has 122 valence electrons. The average molecular weight is 334 g/mol. The molecule has 0 aliphatic heterocycles. The van der Waals surface area contributed by atoms with Crippen LogP contribution < -0.4 is 5.32 Å². The SMILES string of the molecule is CCC(NC(=O)C(=O)c1c(C)nn(C)c1C)c1ccc(Cl)cc1. The first-order valence-corrected chi connectivity index (χ1v) is 7.83. The molecule has 1 aromatic heterocycles. The zero-order valence-electron chi connectivity index (χ0n) is 13.7. The van der Waals surface area contributed by atoms with Gasteiger partial charge < -0.3 is 5.32 Å². The Hall–Kier alpha value is -2.14. The number of ketones is 1. The van der Waals surface area contributed by atoms with E-state index in [0.717, 1.165) is 5.56 Å². The van der Waals surface area contributed by atoms with Gasteiger partial charge in [0.15, 0.2) is 0 Å². The van der Waals surface area contributed by atoms with E-state index >= 15 is 0 Å². The number of carbonyl (C=O) groups excluding carboxylic acids is 2. The number of amides is 1. The van der Waals surface area contributed by atoms with Crippen molar-refractivity contribution < 1.29 is 9.59 Å². The molecule has 0 bridgehead atoms. The molecule has 1 amide bonds. The predicted molar refractivity (Wildman–Crippen MR) is 89.6 cm³/mol. The summed E-state index contributed by atoms with van der Waals surface area (Å²) in [6.45, 7) is 5.45. The third-order valence-corrected chi connectivity index (χ3v) is 4.18. The van der Waals surface area contributed by atoms with Gasteiger partial charge in [0.2, 0.25) is 0 Å². The summed E-state index contributed by atoms with van der Waals surface area (Å²) >= 11 is 5.88. The summed E-state index contributed by atoms with van der Waals surface area (Å²) in [6, 6.07) is 7.00. The number of aromatic nitrogens is 2. The van der Waals surface area contributed by atoms with Crippen molar-refractivity contribution in [1.82, 2.24) is 15.1 Å². The summed E-state index contributed by atoms with van der Waals surface area (Å²) in [7, 11) is 1.75. The molecular formula is C17H20ClN3O2. The summed E-state index contributed by atoms with van der Waals surface area (Å²) in [5.41, 5.74) is 2.53. The summed E-state index contributed by atoms with van der Waals surface area (Å²) in [6.07, 6.45) is 0.672. The van der Waals surface area contributed by atoms with Crippen molar-refractivity contribution in [3.63, 3.8) is 0 Å². The quantitative estimate of drug-likeness (QED) is 0.675. The second-order valence-electron chi connectivity index (χ2n) is 5.48. The average Bonchev–Trinajstić information content (AvgIpc) is 2.77. The lowest BCUT2D eigenvalue weighted by atomic mass is 10.0. The lowest BCUT2D eigenvalue weighted by Crippen LogP contribution is -2.34. The van der Waals surface area contributed by atoms with E-state index in [2.05, 4.69) is 10.4 Å². The molecule has 0 aliphatic carbocycles. The molecule has 23 heavy (non-hydrogen) atoms. The van der Waals surface area contributed by atoms with Crippen molar-refractivity contribution >= 4 is 23.3 Å². The number of nitrogens with one attached hydrogen (secondary N) is 1. The molecule has 0 spiro atoms. The van der Waals surface area contributed by atoms with Gasteiger partial charge in [-0.1, -0.05) is 30.7 Å². The van der Waals surface area contributed by atoms with E-state index in [4.69, 9.17) is 11.6 Å². The van der Waals surface area contributed by atoms with E-state index in [1.807, 2.05) is 19.1 Å². The van der Waals surface area contributed by atoms with Gasteiger partial charge in [-0.3, -0.25) is 14.3 Å². The number of halogens is 1. The maximum absolute atomic E-state index is 12.5. The lowest BCUT2D eigenvalue weighted by Gasteiger charge is -2.17. The number of Topliss-reactive ketones (excluding diaryl/α,β-unsaturated/α-hetero) is 1. The van der Waals surface area contributed by atoms with Gasteiger partial charge in [0.25, 0.3) is 11.7 Å². The van der Waals surface area contributed by atoms with Crippen molar-refractivity contribution in [2.75, 3.05) is 0 Å². The number of aryl methyl sites for hydroxylation is 2. The van der Waals surface area contributed by atoms with E-state index in [1.165, 1.54) is 0 Å². The van der Waals surface area contributed by atoms with Crippen molar-refractivity contribution in [3.05, 3.63) is 51.8 Å². The molecule has 0 saturated carbocycles. The van der Waals surface area contributed by atoms with Gasteiger partial charge in [-0.15, -0.1) is 0 Å². The van der Waals surface area contributed by atoms with Crippen LogP contribution >= 0.6 is 11.6 Å². The van der Waals surface area contributed by atoms with Gasteiger partial charge in [-0.2, -0.15) is 5.10 Å². The first kappa shape index (κ1) is 17.2. The Bertz CT molecular complexity index is 735. The Morgan fingerprint density at radius 1 is 1.26 bits per heavy atom. The largest absolute Gasteiger partial charge is 0.342 e. The van der Waals surface area contributed by atoms with Crippen LogP contribution in [0, 0.1) is 13.8 Å². The molecule has 5 nitrogen and oxygen atoms in total. The van der Waals surface area contributed by atoms with Crippen LogP contribution in [0.4, 0.5) is 0 Å². The maximum atomic E-state index is 12.5. The third kappa shape index (κ3) is 3.62. The van der Waals surface area contributed by atoms with E-state index in [-0.39, 0.29) is 6.04 Å². The second-order valence-corrected chi connectivity index (χ2v) is 5.92. The molecule has 6 heteroatoms. The van der Waals surface area contributed by atoms with Crippen LogP contribution in [-0.2, 0) is 11.8 Å². The van der Waals surface area contributed by atoms with Crippen molar-refractivity contribution in [3.8, 4) is 0 Å². The standard InChI is InChI=1S/C17H20ClN3O2/c1-5-14(12-6-8-13(18)9-7-12)19-17(23)16(22)15-10(2)20-21(4)11(15)3/h6-9,14H,5H2,1-4H3,(H,19,23). The van der Waals surface area contributed by atoms with Crippen LogP contribution in [0.15, 0.2) is 24.3 Å². The Kier molecular flexibility index (Phi) is 5.21. The zero-order valence-corrected chi connectivity index (χ0v) is 14.4. The van der Waals surface area contributed by atoms with Crippen LogP contribution in [0.2, 0.25) is 5.02 Å². The number of benzene rings is 1. The molecule has 1 unspecified atom stereocenters. The van der Waals surface area contributed by atoms with Gasteiger partial charge in [0, 0.05) is 17.8 Å². The summed E-state index contributed by atoms with van der Waals surface area (Å²) in [4.78, 5) is 24.8. The topological polar surface area (TPSA) is 64.0 Å². The minimum absolute atomic E-state index is 0.235. The number of hydrogen-bond acceptors (Lipinski definition) is 3. The predicted octanol–water partition coefficient (Wildman–Crippen LogP) is 3.14. The highest BCUT2D eigenvalue weighted by molar-refractivity contribution is 6.43. The van der Waals surface area contributed by atoms with Gasteiger partial charge >= 0.3 is 0 Å². The van der Waals surface area contributed by atoms with Crippen LogP contribution in [0.5, 0.6) is 0 Å². The van der Waals surface area contributed by atoms with E-state index in [1.54, 1.807) is 37.7 Å². The second kappa shape index (κ2) is 6.96. The van der Waals surface area contributed by atoms with Crippen LogP contribution in [0.1, 0.15) is 46.7 Å². The van der Waals surface area contributed by atoms with E-state index in [0.29, 0.717) is 28.4 Å². The molecule has 2 aromatic rings. The summed E-state index contributed by atoms with van der Waals surface area (Å²) in [5.74, 6) is -1.17. The Morgan fingerprint density at radius 2 is 1.87 bits per heavy atom. The number of nitrogens with zero attached hydrogens (tertiary/aromatic N) is 2. The Morgan fingerprint density at radius 3 is 2.35 bits per heavy atom. The van der Waals surface area contributed by atoms with E-state index in [9.17, 15) is 9.59 Å². The fourth-order valence-electron chi connectivity index (χ4n) is 2.56. The smallest absolute Gasteiger partial charge is 0.293 e. The molecule has 0 aliphatic rings. The molecule has 1 heterocycles. The highest BCUT2D eigenvalue weighted by Crippen LogP contribution is 2.20. The third-order valence-electron chi connectivity index (χ3n) is 3.93. The van der Waals surface area contributed by atoms with Crippen LogP contribution in [-0.4, -0.2) is 21.5 Å². The zero-order chi connectivity index (χ0) is 17.1. The van der Waals surface area contributed by atoms with Crippen LogP contribution in [0.3, 0.4) is 0 Å². The molecule has 0 radical (unpaired) electrons. The number of hydrogen-bond donors (Lipinski definition) is 1. The first-order chi connectivity index (χ1) is 10.8. The molecule has 1 aromatic carbocycles. The molecule has 1 N–H and O–H groups in total. The highest BCUT2D eigenvalue weighted by atomic mass is 35.5. The number of rotatable bonds is 5. The van der Waals surface area contributed by atoms with Gasteiger partial charge in [0.1, 0.15) is 0 Å². The molecular weight excluding hydrogens is 314 g/mol. The normalized spacial score (nSPS) is 12.0. The van der Waals surface area contributed by atoms with E-state index < -0.39 is 11.7 Å². The lowest BCUT2D eigenvalue weighted by molar-refractivity contribution is -0.117. The monoisotopic (exact) mass is 333 g/mol. The molecule has 2 rings (SSSR count). The van der Waals surface area contributed by atoms with Crippen molar-refractivity contribution in [1.29, 1.82) is 0 Å². The van der Waals surface area contributed by atoms with Gasteiger partial charge in [-0.05, 0) is 38.0 Å². The number of carbonyl (C=O) groups is 2.